The van der Waals surface area contributed by atoms with E-state index in [1.165, 1.54) is 11.3 Å². The standard InChI is InChI=1S/C11H6ClN3OS3/c12-5-1-3-6(4-2-5)15-8-7(19-11(15)18)9(16)14-10(17)13-8/h1-4H,(H2,13,14,16,17). The highest BCUT2D eigenvalue weighted by Crippen LogP contribution is 2.23. The smallest absolute Gasteiger partial charge is 0.271 e. The van der Waals surface area contributed by atoms with Crippen molar-refractivity contribution in [2.24, 2.45) is 0 Å². The number of fused-ring (bicyclic) bond motifs is 1. The quantitative estimate of drug-likeness (QED) is 0.668. The molecule has 0 unspecified atom stereocenters. The van der Waals surface area contributed by atoms with Crippen LogP contribution in [0.2, 0.25) is 5.02 Å². The fourth-order valence-electron chi connectivity index (χ4n) is 1.76. The summed E-state index contributed by atoms with van der Waals surface area (Å²) >= 11 is 17.4. The Morgan fingerprint density at radius 3 is 2.53 bits per heavy atom. The number of halogens is 1. The van der Waals surface area contributed by atoms with Gasteiger partial charge in [0.2, 0.25) is 0 Å². The molecule has 0 saturated heterocycles. The molecule has 4 nitrogen and oxygen atoms in total. The first-order chi connectivity index (χ1) is 9.06. The average Bonchev–Trinajstić information content (AvgIpc) is 2.67. The third-order valence-electron chi connectivity index (χ3n) is 2.56. The molecular formula is C11H6ClN3OS3. The molecule has 2 N–H and O–H groups in total. The van der Waals surface area contributed by atoms with E-state index in [1.54, 1.807) is 16.7 Å². The minimum atomic E-state index is -0.234. The van der Waals surface area contributed by atoms with Gasteiger partial charge in [0.1, 0.15) is 10.3 Å². The van der Waals surface area contributed by atoms with Crippen LogP contribution in [0.3, 0.4) is 0 Å². The fraction of sp³-hybridized carbons (Fsp3) is 0. The van der Waals surface area contributed by atoms with Crippen LogP contribution in [0.4, 0.5) is 0 Å². The normalized spacial score (nSPS) is 11.0. The zero-order valence-electron chi connectivity index (χ0n) is 9.27. The molecule has 2 heterocycles. The summed E-state index contributed by atoms with van der Waals surface area (Å²) in [4.78, 5) is 17.4. The Morgan fingerprint density at radius 1 is 1.16 bits per heavy atom. The largest absolute Gasteiger partial charge is 0.317 e. The Labute approximate surface area is 126 Å². The van der Waals surface area contributed by atoms with Gasteiger partial charge in [-0.3, -0.25) is 14.3 Å². The van der Waals surface area contributed by atoms with Crippen molar-refractivity contribution in [3.63, 3.8) is 0 Å². The molecule has 3 aromatic rings. The minimum absolute atomic E-state index is 0.234. The second-order valence-corrected chi connectivity index (χ2v) is 6.25. The van der Waals surface area contributed by atoms with Crippen LogP contribution in [0.25, 0.3) is 16.0 Å². The predicted octanol–water partition coefficient (Wildman–Crippen LogP) is 3.82. The minimum Gasteiger partial charge on any atom is -0.317 e. The summed E-state index contributed by atoms with van der Waals surface area (Å²) in [6.07, 6.45) is 0. The summed E-state index contributed by atoms with van der Waals surface area (Å²) < 4.78 is 3.14. The Kier molecular flexibility index (Phi) is 3.14. The first kappa shape index (κ1) is 12.7. The van der Waals surface area contributed by atoms with E-state index in [9.17, 15) is 4.79 Å². The average molecular weight is 328 g/mol. The first-order valence-electron chi connectivity index (χ1n) is 5.20. The predicted molar refractivity (Wildman–Crippen MR) is 82.8 cm³/mol. The highest BCUT2D eigenvalue weighted by molar-refractivity contribution is 7.73. The number of aromatic amines is 2. The number of hydrogen-bond donors (Lipinski definition) is 2. The van der Waals surface area contributed by atoms with E-state index in [0.29, 0.717) is 19.3 Å². The van der Waals surface area contributed by atoms with Gasteiger partial charge in [-0.2, -0.15) is 0 Å². The molecule has 0 amide bonds. The molecule has 0 aliphatic heterocycles. The molecule has 0 aliphatic rings. The molecule has 0 bridgehead atoms. The van der Waals surface area contributed by atoms with Crippen LogP contribution in [-0.2, 0) is 0 Å². The molecule has 0 radical (unpaired) electrons. The molecule has 0 fully saturated rings. The summed E-state index contributed by atoms with van der Waals surface area (Å²) in [5.74, 6) is 0. The SMILES string of the molecule is O=c1[nH]c(=S)[nH]c2c1sc(=S)n2-c1ccc(Cl)cc1. The molecular weight excluding hydrogens is 322 g/mol. The number of nitrogens with zero attached hydrogens (tertiary/aromatic N) is 1. The van der Waals surface area contributed by atoms with Crippen LogP contribution in [0.1, 0.15) is 0 Å². The number of nitrogens with one attached hydrogen (secondary N) is 2. The molecule has 96 valence electrons. The number of benzene rings is 1. The number of thiazole rings is 1. The number of aromatic nitrogens is 3. The Hall–Kier alpha value is -1.28. The lowest BCUT2D eigenvalue weighted by Gasteiger charge is -2.04. The molecule has 0 saturated carbocycles. The van der Waals surface area contributed by atoms with Gasteiger partial charge in [0.25, 0.3) is 5.56 Å². The highest BCUT2D eigenvalue weighted by Gasteiger charge is 2.10. The van der Waals surface area contributed by atoms with Crippen molar-refractivity contribution in [2.45, 2.75) is 0 Å². The van der Waals surface area contributed by atoms with Crippen molar-refractivity contribution in [3.8, 4) is 5.69 Å². The first-order valence-corrected chi connectivity index (χ1v) is 7.21. The zero-order chi connectivity index (χ0) is 13.6. The summed E-state index contributed by atoms with van der Waals surface area (Å²) in [5, 5.41) is 0.639. The van der Waals surface area contributed by atoms with Gasteiger partial charge in [-0.25, -0.2) is 0 Å². The third kappa shape index (κ3) is 2.18. The van der Waals surface area contributed by atoms with Crippen molar-refractivity contribution in [1.82, 2.24) is 14.5 Å². The number of rotatable bonds is 1. The lowest BCUT2D eigenvalue weighted by Crippen LogP contribution is -2.07. The Bertz CT molecular complexity index is 933. The molecule has 2 aromatic heterocycles. The monoisotopic (exact) mass is 327 g/mol. The van der Waals surface area contributed by atoms with Gasteiger partial charge in [-0.05, 0) is 48.7 Å². The van der Waals surface area contributed by atoms with Crippen molar-refractivity contribution in [3.05, 3.63) is 48.4 Å². The fourth-order valence-corrected chi connectivity index (χ4v) is 3.37. The van der Waals surface area contributed by atoms with Gasteiger partial charge in [-0.1, -0.05) is 22.9 Å². The van der Waals surface area contributed by atoms with Gasteiger partial charge in [-0.15, -0.1) is 0 Å². The Morgan fingerprint density at radius 2 is 1.84 bits per heavy atom. The van der Waals surface area contributed by atoms with E-state index in [4.69, 9.17) is 36.0 Å². The maximum Gasteiger partial charge on any atom is 0.271 e. The summed E-state index contributed by atoms with van der Waals surface area (Å²) in [7, 11) is 0. The van der Waals surface area contributed by atoms with E-state index >= 15 is 0 Å². The van der Waals surface area contributed by atoms with Gasteiger partial charge >= 0.3 is 0 Å². The molecule has 1 aromatic carbocycles. The van der Waals surface area contributed by atoms with Crippen LogP contribution in [0.15, 0.2) is 29.1 Å². The molecule has 0 atom stereocenters. The van der Waals surface area contributed by atoms with Crippen LogP contribution >= 0.6 is 47.4 Å². The second-order valence-electron chi connectivity index (χ2n) is 3.77. The number of hydrogen-bond acceptors (Lipinski definition) is 4. The van der Waals surface area contributed by atoms with Crippen molar-refractivity contribution < 1.29 is 0 Å². The van der Waals surface area contributed by atoms with E-state index in [1.807, 2.05) is 12.1 Å². The van der Waals surface area contributed by atoms with Gasteiger partial charge in [0.05, 0.1) is 0 Å². The van der Waals surface area contributed by atoms with Crippen LogP contribution < -0.4 is 5.56 Å². The summed E-state index contributed by atoms with van der Waals surface area (Å²) in [6, 6.07) is 7.21. The zero-order valence-corrected chi connectivity index (χ0v) is 12.5. The van der Waals surface area contributed by atoms with Gasteiger partial charge < -0.3 is 4.98 Å². The maximum atomic E-state index is 11.8. The van der Waals surface area contributed by atoms with Crippen molar-refractivity contribution >= 4 is 57.7 Å². The van der Waals surface area contributed by atoms with Gasteiger partial charge in [0.15, 0.2) is 8.73 Å². The van der Waals surface area contributed by atoms with E-state index in [2.05, 4.69) is 9.97 Å². The highest BCUT2D eigenvalue weighted by atomic mass is 35.5. The van der Waals surface area contributed by atoms with Crippen LogP contribution in [0.5, 0.6) is 0 Å². The third-order valence-corrected chi connectivity index (χ3v) is 4.39. The van der Waals surface area contributed by atoms with Gasteiger partial charge in [0, 0.05) is 10.7 Å². The molecule has 0 aliphatic carbocycles. The van der Waals surface area contributed by atoms with Crippen molar-refractivity contribution in [2.75, 3.05) is 0 Å². The van der Waals surface area contributed by atoms with Crippen LogP contribution in [0, 0.1) is 8.73 Å². The van der Waals surface area contributed by atoms with Crippen molar-refractivity contribution in [1.29, 1.82) is 0 Å². The maximum absolute atomic E-state index is 11.8. The topological polar surface area (TPSA) is 53.6 Å². The second kappa shape index (κ2) is 4.68. The Balaban J connectivity index is 2.44. The molecule has 19 heavy (non-hydrogen) atoms. The van der Waals surface area contributed by atoms with E-state index < -0.39 is 0 Å². The molecule has 0 spiro atoms. The molecule has 3 rings (SSSR count). The lowest BCUT2D eigenvalue weighted by atomic mass is 10.3. The van der Waals surface area contributed by atoms with E-state index in [0.717, 1.165) is 5.69 Å². The number of H-pyrrole nitrogens is 2. The van der Waals surface area contributed by atoms with Crippen LogP contribution in [-0.4, -0.2) is 14.5 Å². The molecule has 8 heteroatoms. The summed E-state index contributed by atoms with van der Waals surface area (Å²) in [5.41, 5.74) is 1.20. The lowest BCUT2D eigenvalue weighted by molar-refractivity contribution is 1.05. The van der Waals surface area contributed by atoms with E-state index in [-0.39, 0.29) is 10.3 Å². The summed E-state index contributed by atoms with van der Waals surface area (Å²) in [6.45, 7) is 0.